The molecule has 0 bridgehead atoms. The molecule has 0 N–H and O–H groups in total. The molecule has 1 saturated heterocycles. The molecule has 0 aliphatic carbocycles. The van der Waals surface area contributed by atoms with Gasteiger partial charge in [0.15, 0.2) is 11.6 Å². The number of benzene rings is 2. The Balaban J connectivity index is 1.44. The molecule has 2 aromatic heterocycles. The van der Waals surface area contributed by atoms with Gasteiger partial charge in [-0.1, -0.05) is 42.0 Å². The highest BCUT2D eigenvalue weighted by molar-refractivity contribution is 5.82. The van der Waals surface area contributed by atoms with Crippen molar-refractivity contribution in [2.75, 3.05) is 19.7 Å². The van der Waals surface area contributed by atoms with Crippen LogP contribution in [-0.4, -0.2) is 39.9 Å². The molecule has 1 unspecified atom stereocenters. The largest absolute Gasteiger partial charge is 0.370 e. The fourth-order valence-electron chi connectivity index (χ4n) is 4.36. The highest BCUT2D eigenvalue weighted by Gasteiger charge is 2.28. The number of pyridine rings is 1. The lowest BCUT2D eigenvalue weighted by Gasteiger charge is -2.33. The minimum atomic E-state index is -0.923. The maximum absolute atomic E-state index is 13.7. The fraction of sp³-hybridized carbons (Fsp3) is 0.259. The summed E-state index contributed by atoms with van der Waals surface area (Å²) in [6.07, 6.45) is 1.65. The Morgan fingerprint density at radius 2 is 1.79 bits per heavy atom. The molecule has 4 aromatic rings. The summed E-state index contributed by atoms with van der Waals surface area (Å²) in [7, 11) is 0. The summed E-state index contributed by atoms with van der Waals surface area (Å²) in [5.74, 6) is -1.89. The number of carbonyl (C=O) groups excluding carboxylic acids is 1. The molecule has 7 heteroatoms. The van der Waals surface area contributed by atoms with Gasteiger partial charge >= 0.3 is 0 Å². The van der Waals surface area contributed by atoms with Crippen LogP contribution in [0.3, 0.4) is 0 Å². The molecule has 3 heterocycles. The number of aromatic nitrogens is 2. The van der Waals surface area contributed by atoms with Gasteiger partial charge in [0.05, 0.1) is 31.0 Å². The Morgan fingerprint density at radius 3 is 2.56 bits per heavy atom. The lowest BCUT2D eigenvalue weighted by atomic mass is 10.0. The summed E-state index contributed by atoms with van der Waals surface area (Å²) in [5.41, 5.74) is 6.08. The van der Waals surface area contributed by atoms with Gasteiger partial charge in [0.2, 0.25) is 5.91 Å². The predicted octanol–water partition coefficient (Wildman–Crippen LogP) is 5.04. The number of halogens is 2. The first kappa shape index (κ1) is 22.2. The molecular weight excluding hydrogens is 436 g/mol. The number of fused-ring (bicyclic) bond motifs is 1. The van der Waals surface area contributed by atoms with Crippen molar-refractivity contribution in [3.8, 4) is 11.3 Å². The van der Waals surface area contributed by atoms with E-state index < -0.39 is 17.7 Å². The Bertz CT molecular complexity index is 1360. The summed E-state index contributed by atoms with van der Waals surface area (Å²) in [6, 6.07) is 15.8. The molecule has 1 aliphatic heterocycles. The third kappa shape index (κ3) is 4.31. The Kier molecular flexibility index (Phi) is 5.87. The van der Waals surface area contributed by atoms with Crippen LogP contribution in [0.4, 0.5) is 8.78 Å². The number of aryl methyl sites for hydroxylation is 2. The summed E-state index contributed by atoms with van der Waals surface area (Å²) >= 11 is 0. The topological polar surface area (TPSA) is 46.8 Å². The normalized spacial score (nSPS) is 16.2. The lowest BCUT2D eigenvalue weighted by Crippen LogP contribution is -2.43. The number of morpholine rings is 1. The van der Waals surface area contributed by atoms with Crippen LogP contribution < -0.4 is 0 Å². The van der Waals surface area contributed by atoms with E-state index in [4.69, 9.17) is 9.72 Å². The average Bonchev–Trinajstić information content (AvgIpc) is 3.18. The zero-order valence-corrected chi connectivity index (χ0v) is 19.1. The summed E-state index contributed by atoms with van der Waals surface area (Å²) < 4.78 is 34.8. The highest BCUT2D eigenvalue weighted by Crippen LogP contribution is 2.28. The molecule has 1 amide bonds. The van der Waals surface area contributed by atoms with Gasteiger partial charge in [0.1, 0.15) is 11.8 Å². The summed E-state index contributed by atoms with van der Waals surface area (Å²) in [5, 5.41) is 0. The molecule has 0 spiro atoms. The number of ether oxygens (including phenoxy) is 1. The first-order chi connectivity index (χ1) is 16.4. The van der Waals surface area contributed by atoms with Crippen molar-refractivity contribution in [1.29, 1.82) is 0 Å². The van der Waals surface area contributed by atoms with Crippen molar-refractivity contribution < 1.29 is 18.3 Å². The smallest absolute Gasteiger partial charge is 0.228 e. The standard InChI is InChI=1S/C27H25F2N3O2/c1-17-3-6-19(7-4-17)27-23(32-15-18(2)5-10-25(32)30-27)14-26(33)31-11-12-34-24(16-31)20-8-9-21(28)22(29)13-20/h3-10,13,15,24H,11-12,14,16H2,1-2H3. The second kappa shape index (κ2) is 8.99. The van der Waals surface area contributed by atoms with E-state index in [0.717, 1.165) is 45.9 Å². The van der Waals surface area contributed by atoms with Crippen molar-refractivity contribution in [2.24, 2.45) is 0 Å². The number of amides is 1. The van der Waals surface area contributed by atoms with E-state index >= 15 is 0 Å². The second-order valence-corrected chi connectivity index (χ2v) is 8.76. The fourth-order valence-corrected chi connectivity index (χ4v) is 4.36. The molecule has 0 radical (unpaired) electrons. The Hall–Kier alpha value is -3.58. The van der Waals surface area contributed by atoms with Crippen LogP contribution in [0.25, 0.3) is 16.9 Å². The molecule has 1 aliphatic rings. The van der Waals surface area contributed by atoms with Crippen molar-refractivity contribution in [3.05, 3.63) is 94.8 Å². The van der Waals surface area contributed by atoms with Gasteiger partial charge in [-0.2, -0.15) is 0 Å². The Morgan fingerprint density at radius 1 is 1.03 bits per heavy atom. The number of rotatable bonds is 4. The van der Waals surface area contributed by atoms with E-state index in [2.05, 4.69) is 0 Å². The third-order valence-electron chi connectivity index (χ3n) is 6.24. The molecule has 1 fully saturated rings. The van der Waals surface area contributed by atoms with Crippen molar-refractivity contribution in [3.63, 3.8) is 0 Å². The quantitative estimate of drug-likeness (QED) is 0.428. The van der Waals surface area contributed by atoms with Crippen LogP contribution in [0, 0.1) is 25.5 Å². The van der Waals surface area contributed by atoms with Gasteiger partial charge in [-0.25, -0.2) is 13.8 Å². The van der Waals surface area contributed by atoms with Crippen LogP contribution in [0.15, 0.2) is 60.8 Å². The zero-order valence-electron chi connectivity index (χ0n) is 19.1. The Labute approximate surface area is 196 Å². The van der Waals surface area contributed by atoms with Gasteiger partial charge in [-0.3, -0.25) is 4.79 Å². The number of nitrogens with zero attached hydrogens (tertiary/aromatic N) is 3. The van der Waals surface area contributed by atoms with E-state index in [1.807, 2.05) is 60.8 Å². The van der Waals surface area contributed by atoms with Crippen molar-refractivity contribution >= 4 is 11.6 Å². The van der Waals surface area contributed by atoms with E-state index in [0.29, 0.717) is 18.7 Å². The highest BCUT2D eigenvalue weighted by atomic mass is 19.2. The minimum Gasteiger partial charge on any atom is -0.370 e. The molecule has 34 heavy (non-hydrogen) atoms. The van der Waals surface area contributed by atoms with E-state index in [1.165, 1.54) is 6.07 Å². The molecule has 5 rings (SSSR count). The van der Waals surface area contributed by atoms with E-state index in [9.17, 15) is 13.6 Å². The second-order valence-electron chi connectivity index (χ2n) is 8.76. The minimum absolute atomic E-state index is 0.0625. The third-order valence-corrected chi connectivity index (χ3v) is 6.24. The summed E-state index contributed by atoms with van der Waals surface area (Å²) in [4.78, 5) is 20.0. The van der Waals surface area contributed by atoms with Gasteiger partial charge in [-0.05, 0) is 43.2 Å². The molecular formula is C27H25F2N3O2. The first-order valence-electron chi connectivity index (χ1n) is 11.3. The van der Waals surface area contributed by atoms with Crippen LogP contribution in [0.2, 0.25) is 0 Å². The molecule has 2 aromatic carbocycles. The van der Waals surface area contributed by atoms with Crippen LogP contribution in [0.5, 0.6) is 0 Å². The first-order valence-corrected chi connectivity index (χ1v) is 11.3. The van der Waals surface area contributed by atoms with E-state index in [-0.39, 0.29) is 18.9 Å². The molecule has 5 nitrogen and oxygen atoms in total. The predicted molar refractivity (Wildman–Crippen MR) is 125 cm³/mol. The summed E-state index contributed by atoms with van der Waals surface area (Å²) in [6.45, 7) is 5.08. The van der Waals surface area contributed by atoms with Crippen LogP contribution in [-0.2, 0) is 16.0 Å². The number of hydrogen-bond acceptors (Lipinski definition) is 3. The SMILES string of the molecule is Cc1ccc(-c2nc3ccc(C)cn3c2CC(=O)N2CCOC(c3ccc(F)c(F)c3)C2)cc1. The van der Waals surface area contributed by atoms with Gasteiger partial charge < -0.3 is 14.0 Å². The van der Waals surface area contributed by atoms with Crippen molar-refractivity contribution in [2.45, 2.75) is 26.4 Å². The van der Waals surface area contributed by atoms with Gasteiger partial charge in [-0.15, -0.1) is 0 Å². The lowest BCUT2D eigenvalue weighted by molar-refractivity contribution is -0.138. The molecule has 0 saturated carbocycles. The number of carbonyl (C=O) groups is 1. The maximum atomic E-state index is 13.7. The zero-order chi connectivity index (χ0) is 23.8. The monoisotopic (exact) mass is 461 g/mol. The maximum Gasteiger partial charge on any atom is 0.228 e. The van der Waals surface area contributed by atoms with Gasteiger partial charge in [0, 0.05) is 18.3 Å². The van der Waals surface area contributed by atoms with Crippen LogP contribution in [0.1, 0.15) is 28.5 Å². The van der Waals surface area contributed by atoms with Gasteiger partial charge in [0.25, 0.3) is 0 Å². The van der Waals surface area contributed by atoms with Crippen LogP contribution >= 0.6 is 0 Å². The van der Waals surface area contributed by atoms with E-state index in [1.54, 1.807) is 4.90 Å². The number of imidazole rings is 1. The average molecular weight is 462 g/mol. The molecule has 1 atom stereocenters. The number of hydrogen-bond donors (Lipinski definition) is 0. The van der Waals surface area contributed by atoms with Crippen molar-refractivity contribution in [1.82, 2.24) is 14.3 Å². The molecule has 174 valence electrons.